The number of carbonyl (C=O) groups is 3. The molecule has 0 atom stereocenters. The van der Waals surface area contributed by atoms with Crippen LogP contribution in [0.3, 0.4) is 0 Å². The summed E-state index contributed by atoms with van der Waals surface area (Å²) in [4.78, 5) is 35.3. The summed E-state index contributed by atoms with van der Waals surface area (Å²) in [5, 5.41) is 7.01. The van der Waals surface area contributed by atoms with Gasteiger partial charge in [-0.2, -0.15) is 0 Å². The van der Waals surface area contributed by atoms with E-state index in [4.69, 9.17) is 4.42 Å². The maximum atomic E-state index is 13.0. The van der Waals surface area contributed by atoms with Gasteiger partial charge in [-0.15, -0.1) is 0 Å². The highest BCUT2D eigenvalue weighted by molar-refractivity contribution is 5.98. The van der Waals surface area contributed by atoms with Gasteiger partial charge in [0, 0.05) is 11.8 Å². The Morgan fingerprint density at radius 3 is 2.27 bits per heavy atom. The number of furan rings is 1. The van der Waals surface area contributed by atoms with E-state index in [0.717, 1.165) is 12.1 Å². The first kappa shape index (κ1) is 19.1. The van der Waals surface area contributed by atoms with E-state index in [9.17, 15) is 23.2 Å². The topological polar surface area (TPSA) is 100 Å². The fraction of sp³-hybridized carbons (Fsp3) is 0.235. The van der Waals surface area contributed by atoms with Crippen LogP contribution in [0.25, 0.3) is 0 Å². The number of hydrogen-bond acceptors (Lipinski definition) is 4. The maximum Gasteiger partial charge on any atom is 0.255 e. The molecule has 0 aliphatic heterocycles. The Labute approximate surface area is 147 Å². The first-order valence-corrected chi connectivity index (χ1v) is 7.63. The lowest BCUT2D eigenvalue weighted by atomic mass is 10.2. The first-order valence-electron chi connectivity index (χ1n) is 7.63. The molecule has 0 aliphatic rings. The molecular weight excluding hydrogens is 348 g/mol. The van der Waals surface area contributed by atoms with Crippen LogP contribution in [-0.4, -0.2) is 30.8 Å². The van der Waals surface area contributed by atoms with Crippen LogP contribution in [0.15, 0.2) is 28.7 Å². The molecule has 1 aromatic heterocycles. The highest BCUT2D eigenvalue weighted by Crippen LogP contribution is 2.13. The first-order chi connectivity index (χ1) is 12.3. The summed E-state index contributed by atoms with van der Waals surface area (Å²) in [7, 11) is 0. The number of anilines is 1. The minimum absolute atomic E-state index is 0.0576. The number of hydrogen-bond donors (Lipinski definition) is 3. The zero-order chi connectivity index (χ0) is 19.3. The molecule has 0 bridgehead atoms. The number of halogens is 2. The van der Waals surface area contributed by atoms with Crippen LogP contribution < -0.4 is 16.0 Å². The summed E-state index contributed by atoms with van der Waals surface area (Å²) in [5.74, 6) is -2.80. The van der Waals surface area contributed by atoms with E-state index >= 15 is 0 Å². The van der Waals surface area contributed by atoms with Gasteiger partial charge >= 0.3 is 0 Å². The molecule has 3 N–H and O–H groups in total. The largest absolute Gasteiger partial charge is 0.466 e. The molecule has 0 saturated carbocycles. The predicted octanol–water partition coefficient (Wildman–Crippen LogP) is 1.66. The summed E-state index contributed by atoms with van der Waals surface area (Å²) in [6.45, 7) is 2.60. The van der Waals surface area contributed by atoms with Gasteiger partial charge in [0.2, 0.25) is 11.8 Å². The lowest BCUT2D eigenvalue weighted by Gasteiger charge is -2.08. The van der Waals surface area contributed by atoms with Crippen molar-refractivity contribution in [3.63, 3.8) is 0 Å². The molecule has 26 heavy (non-hydrogen) atoms. The lowest BCUT2D eigenvalue weighted by molar-refractivity contribution is -0.123. The normalized spacial score (nSPS) is 10.3. The van der Waals surface area contributed by atoms with Crippen molar-refractivity contribution in [3.05, 3.63) is 53.0 Å². The van der Waals surface area contributed by atoms with Crippen LogP contribution in [0, 0.1) is 25.5 Å². The van der Waals surface area contributed by atoms with E-state index in [1.807, 2.05) is 0 Å². The van der Waals surface area contributed by atoms with E-state index in [1.54, 1.807) is 19.9 Å². The van der Waals surface area contributed by atoms with Crippen molar-refractivity contribution in [1.29, 1.82) is 0 Å². The van der Waals surface area contributed by atoms with E-state index in [0.29, 0.717) is 17.1 Å². The zero-order valence-corrected chi connectivity index (χ0v) is 14.1. The van der Waals surface area contributed by atoms with Gasteiger partial charge in [-0.25, -0.2) is 8.78 Å². The molecule has 1 aromatic carbocycles. The number of nitrogens with one attached hydrogen (secondary N) is 3. The third-order valence-electron chi connectivity index (χ3n) is 3.34. The second-order valence-electron chi connectivity index (χ2n) is 5.46. The number of carbonyl (C=O) groups excluding carboxylic acids is 3. The van der Waals surface area contributed by atoms with Crippen LogP contribution in [0.5, 0.6) is 0 Å². The van der Waals surface area contributed by atoms with Gasteiger partial charge in [-0.3, -0.25) is 14.4 Å². The van der Waals surface area contributed by atoms with E-state index < -0.39 is 35.9 Å². The zero-order valence-electron chi connectivity index (χ0n) is 14.1. The van der Waals surface area contributed by atoms with E-state index in [1.165, 1.54) is 6.07 Å². The van der Waals surface area contributed by atoms with Gasteiger partial charge < -0.3 is 20.4 Å². The molecule has 0 fully saturated rings. The van der Waals surface area contributed by atoms with E-state index in [-0.39, 0.29) is 12.2 Å². The second kappa shape index (κ2) is 8.24. The summed E-state index contributed by atoms with van der Waals surface area (Å²) >= 11 is 0. The predicted molar refractivity (Wildman–Crippen MR) is 88.5 cm³/mol. The van der Waals surface area contributed by atoms with Crippen molar-refractivity contribution in [2.75, 3.05) is 18.4 Å². The molecule has 2 rings (SSSR count). The van der Waals surface area contributed by atoms with Crippen molar-refractivity contribution >= 4 is 23.4 Å². The van der Waals surface area contributed by atoms with Gasteiger partial charge in [-0.05, 0) is 32.0 Å². The molecule has 3 amide bonds. The standard InChI is InChI=1S/C17H17F2N3O4/c1-9-5-12(10(2)26-9)17(25)21-7-15(23)20-8-16(24)22-11-3-4-13(18)14(19)6-11/h3-6H,7-8H2,1-2H3,(H,20,23)(H,21,25)(H,22,24). The molecule has 2 aromatic rings. The molecule has 0 aliphatic carbocycles. The van der Waals surface area contributed by atoms with Crippen LogP contribution >= 0.6 is 0 Å². The number of amides is 3. The highest BCUT2D eigenvalue weighted by Gasteiger charge is 2.14. The smallest absolute Gasteiger partial charge is 0.255 e. The fourth-order valence-electron chi connectivity index (χ4n) is 2.13. The molecule has 1 heterocycles. The monoisotopic (exact) mass is 365 g/mol. The highest BCUT2D eigenvalue weighted by atomic mass is 19.2. The number of benzene rings is 1. The molecular formula is C17H17F2N3O4. The fourth-order valence-corrected chi connectivity index (χ4v) is 2.13. The molecule has 0 unspecified atom stereocenters. The minimum Gasteiger partial charge on any atom is -0.466 e. The van der Waals surface area contributed by atoms with Crippen LogP contribution in [0.1, 0.15) is 21.9 Å². The Balaban J connectivity index is 1.75. The van der Waals surface area contributed by atoms with Crippen molar-refractivity contribution in [2.45, 2.75) is 13.8 Å². The minimum atomic E-state index is -1.10. The quantitative estimate of drug-likeness (QED) is 0.725. The summed E-state index contributed by atoms with van der Waals surface area (Å²) in [6, 6.07) is 4.44. The lowest BCUT2D eigenvalue weighted by Crippen LogP contribution is -2.40. The molecule has 0 saturated heterocycles. The van der Waals surface area contributed by atoms with Crippen molar-refractivity contribution in [3.8, 4) is 0 Å². The molecule has 0 spiro atoms. The summed E-state index contributed by atoms with van der Waals surface area (Å²) in [5.41, 5.74) is 0.383. The molecule has 138 valence electrons. The summed E-state index contributed by atoms with van der Waals surface area (Å²) in [6.07, 6.45) is 0. The Hall–Kier alpha value is -3.23. The van der Waals surface area contributed by atoms with Gasteiger partial charge in [0.15, 0.2) is 11.6 Å². The van der Waals surface area contributed by atoms with Crippen LogP contribution in [-0.2, 0) is 9.59 Å². The maximum absolute atomic E-state index is 13.0. The third-order valence-corrected chi connectivity index (χ3v) is 3.34. The molecule has 7 nitrogen and oxygen atoms in total. The molecule has 0 radical (unpaired) electrons. The van der Waals surface area contributed by atoms with Crippen molar-refractivity contribution in [2.24, 2.45) is 0 Å². The number of rotatable bonds is 6. The van der Waals surface area contributed by atoms with Gasteiger partial charge in [0.1, 0.15) is 11.5 Å². The van der Waals surface area contributed by atoms with Crippen LogP contribution in [0.4, 0.5) is 14.5 Å². The summed E-state index contributed by atoms with van der Waals surface area (Å²) < 4.78 is 31.1. The van der Waals surface area contributed by atoms with Gasteiger partial charge in [-0.1, -0.05) is 0 Å². The SMILES string of the molecule is Cc1cc(C(=O)NCC(=O)NCC(=O)Nc2ccc(F)c(F)c2)c(C)o1. The van der Waals surface area contributed by atoms with Crippen molar-refractivity contribution in [1.82, 2.24) is 10.6 Å². The Kier molecular flexibility index (Phi) is 6.05. The third kappa shape index (κ3) is 5.13. The Morgan fingerprint density at radius 1 is 0.962 bits per heavy atom. The van der Waals surface area contributed by atoms with E-state index in [2.05, 4.69) is 16.0 Å². The van der Waals surface area contributed by atoms with Crippen LogP contribution in [0.2, 0.25) is 0 Å². The average molecular weight is 365 g/mol. The molecule has 9 heteroatoms. The van der Waals surface area contributed by atoms with Gasteiger partial charge in [0.25, 0.3) is 5.91 Å². The Morgan fingerprint density at radius 2 is 1.65 bits per heavy atom. The Bertz CT molecular complexity index is 849. The number of aryl methyl sites for hydroxylation is 2. The average Bonchev–Trinajstić information content (AvgIpc) is 2.92. The van der Waals surface area contributed by atoms with Crippen molar-refractivity contribution < 1.29 is 27.6 Å². The van der Waals surface area contributed by atoms with Gasteiger partial charge in [0.05, 0.1) is 18.7 Å². The second-order valence-corrected chi connectivity index (χ2v) is 5.46.